The van der Waals surface area contributed by atoms with Crippen molar-refractivity contribution in [2.24, 2.45) is 0 Å². The number of hydrogen-bond acceptors (Lipinski definition) is 6. The number of aliphatic hydroxyl groups is 1. The van der Waals surface area contributed by atoms with Crippen LogP contribution in [0.5, 0.6) is 5.75 Å². The molecule has 5 rings (SSSR count). The molecule has 0 aliphatic carbocycles. The Balaban J connectivity index is 1.67. The molecule has 1 unspecified atom stereocenters. The Kier molecular flexibility index (Phi) is 4.68. The van der Waals surface area contributed by atoms with Gasteiger partial charge < -0.3 is 14.6 Å². The second-order valence-corrected chi connectivity index (χ2v) is 7.67. The normalized spacial score (nSPS) is 16.2. The zero-order valence-corrected chi connectivity index (χ0v) is 17.2. The minimum atomic E-state index is -1.02. The third kappa shape index (κ3) is 3.11. The Morgan fingerprint density at radius 3 is 2.62 bits per heavy atom. The average Bonchev–Trinajstić information content (AvgIpc) is 3.33. The number of carbonyl (C=O) groups excluding carboxylic acids is 2. The Bertz CT molecular complexity index is 1410. The lowest BCUT2D eigenvalue weighted by atomic mass is 9.96. The van der Waals surface area contributed by atoms with Gasteiger partial charge in [0.2, 0.25) is 5.78 Å². The highest BCUT2D eigenvalue weighted by molar-refractivity contribution is 6.31. The Morgan fingerprint density at radius 2 is 1.88 bits per heavy atom. The number of aliphatic hydroxyl groups excluding tert-OH is 1. The van der Waals surface area contributed by atoms with Crippen LogP contribution in [0, 0.1) is 0 Å². The fourth-order valence-corrected chi connectivity index (χ4v) is 4.05. The summed E-state index contributed by atoms with van der Waals surface area (Å²) in [6.07, 6.45) is 3.05. The molecular formula is C24H15ClN2O5. The van der Waals surface area contributed by atoms with E-state index in [1.165, 1.54) is 29.3 Å². The van der Waals surface area contributed by atoms with E-state index >= 15 is 0 Å². The van der Waals surface area contributed by atoms with E-state index in [4.69, 9.17) is 16.0 Å². The van der Waals surface area contributed by atoms with Crippen molar-refractivity contribution in [1.29, 1.82) is 0 Å². The number of Topliss-reactive ketones (excluding diaryl/α,β-unsaturated/α-hetero) is 1. The van der Waals surface area contributed by atoms with Crippen LogP contribution < -0.4 is 4.90 Å². The van der Waals surface area contributed by atoms with Gasteiger partial charge in [-0.25, -0.2) is 0 Å². The number of carbonyl (C=O) groups is 2. The van der Waals surface area contributed by atoms with Crippen LogP contribution in [-0.2, 0) is 4.79 Å². The SMILES string of the molecule is O=C(C1=C(O)C(=O)N(c2ccccc2O)C1c1cccnc1)c1cc2cc(Cl)ccc2o1. The van der Waals surface area contributed by atoms with Crippen LogP contribution in [-0.4, -0.2) is 26.9 Å². The number of rotatable bonds is 4. The van der Waals surface area contributed by atoms with Crippen molar-refractivity contribution < 1.29 is 24.2 Å². The minimum absolute atomic E-state index is 0.0513. The summed E-state index contributed by atoms with van der Waals surface area (Å²) in [5.74, 6) is -2.41. The van der Waals surface area contributed by atoms with Crippen LogP contribution >= 0.6 is 11.6 Å². The number of nitrogens with zero attached hydrogens (tertiary/aromatic N) is 2. The molecule has 7 nitrogen and oxygen atoms in total. The molecule has 1 atom stereocenters. The molecular weight excluding hydrogens is 432 g/mol. The van der Waals surface area contributed by atoms with E-state index < -0.39 is 23.5 Å². The molecule has 4 aromatic rings. The predicted molar refractivity (Wildman–Crippen MR) is 118 cm³/mol. The van der Waals surface area contributed by atoms with Crippen LogP contribution in [0.4, 0.5) is 5.69 Å². The first kappa shape index (κ1) is 19.8. The summed E-state index contributed by atoms with van der Waals surface area (Å²) in [5.41, 5.74) is 0.904. The van der Waals surface area contributed by atoms with Crippen LogP contribution in [0.1, 0.15) is 22.2 Å². The summed E-state index contributed by atoms with van der Waals surface area (Å²) in [5, 5.41) is 22.2. The monoisotopic (exact) mass is 446 g/mol. The maximum absolute atomic E-state index is 13.5. The van der Waals surface area contributed by atoms with Gasteiger partial charge in [0.1, 0.15) is 11.3 Å². The van der Waals surface area contributed by atoms with Crippen LogP contribution in [0.2, 0.25) is 5.02 Å². The summed E-state index contributed by atoms with van der Waals surface area (Å²) >= 11 is 6.02. The van der Waals surface area contributed by atoms with Crippen molar-refractivity contribution in [1.82, 2.24) is 4.98 Å². The standard InChI is InChI=1S/C24H15ClN2O5/c25-15-7-8-18-14(10-15)11-19(32-18)22(29)20-21(13-4-3-9-26-12-13)27(24(31)23(20)30)16-5-1-2-6-17(16)28/h1-12,21,28,30H. The van der Waals surface area contributed by atoms with E-state index in [2.05, 4.69) is 4.98 Å². The quantitative estimate of drug-likeness (QED) is 0.429. The second-order valence-electron chi connectivity index (χ2n) is 7.24. The number of benzene rings is 2. The van der Waals surface area contributed by atoms with Crippen molar-refractivity contribution in [3.8, 4) is 5.75 Å². The number of ketones is 1. The zero-order chi connectivity index (χ0) is 22.4. The van der Waals surface area contributed by atoms with Gasteiger partial charge in [0.05, 0.1) is 17.3 Å². The number of para-hydroxylation sites is 2. The third-order valence-electron chi connectivity index (χ3n) is 5.30. The summed E-state index contributed by atoms with van der Waals surface area (Å²) in [6, 6.07) is 14.9. The third-order valence-corrected chi connectivity index (χ3v) is 5.53. The van der Waals surface area contributed by atoms with Crippen molar-refractivity contribution in [2.45, 2.75) is 6.04 Å². The number of furan rings is 1. The Labute approximate surface area is 186 Å². The van der Waals surface area contributed by atoms with E-state index in [-0.39, 0.29) is 22.8 Å². The van der Waals surface area contributed by atoms with Gasteiger partial charge in [-0.1, -0.05) is 29.8 Å². The lowest BCUT2D eigenvalue weighted by molar-refractivity contribution is -0.117. The average molecular weight is 447 g/mol. The van der Waals surface area contributed by atoms with Gasteiger partial charge >= 0.3 is 0 Å². The fourth-order valence-electron chi connectivity index (χ4n) is 3.87. The van der Waals surface area contributed by atoms with Gasteiger partial charge in [-0.3, -0.25) is 19.5 Å². The molecule has 1 aliphatic heterocycles. The summed E-state index contributed by atoms with van der Waals surface area (Å²) < 4.78 is 5.68. The Hall–Kier alpha value is -4.10. The van der Waals surface area contributed by atoms with Crippen molar-refractivity contribution in [3.05, 3.63) is 101 Å². The molecule has 158 valence electrons. The van der Waals surface area contributed by atoms with Gasteiger partial charge in [0, 0.05) is 22.8 Å². The maximum Gasteiger partial charge on any atom is 0.294 e. The van der Waals surface area contributed by atoms with Crippen molar-refractivity contribution >= 4 is 39.9 Å². The van der Waals surface area contributed by atoms with Crippen LogP contribution in [0.3, 0.4) is 0 Å². The fraction of sp³-hybridized carbons (Fsp3) is 0.0417. The molecule has 1 amide bonds. The molecule has 0 spiro atoms. The number of aromatic hydroxyl groups is 1. The van der Waals surface area contributed by atoms with Crippen LogP contribution in [0.15, 0.2) is 88.8 Å². The van der Waals surface area contributed by atoms with Crippen molar-refractivity contribution in [2.75, 3.05) is 4.90 Å². The first-order valence-electron chi connectivity index (χ1n) is 9.64. The summed E-state index contributed by atoms with van der Waals surface area (Å²) in [7, 11) is 0. The highest BCUT2D eigenvalue weighted by Gasteiger charge is 2.46. The molecule has 2 aromatic heterocycles. The number of halogens is 1. The topological polar surface area (TPSA) is 104 Å². The molecule has 0 bridgehead atoms. The van der Waals surface area contributed by atoms with E-state index in [9.17, 15) is 19.8 Å². The number of phenols is 1. The van der Waals surface area contributed by atoms with Crippen molar-refractivity contribution in [3.63, 3.8) is 0 Å². The predicted octanol–water partition coefficient (Wildman–Crippen LogP) is 4.97. The molecule has 8 heteroatoms. The van der Waals surface area contributed by atoms with E-state index in [1.54, 1.807) is 48.7 Å². The number of aromatic nitrogens is 1. The van der Waals surface area contributed by atoms with Gasteiger partial charge in [-0.15, -0.1) is 0 Å². The highest BCUT2D eigenvalue weighted by Crippen LogP contribution is 2.44. The minimum Gasteiger partial charge on any atom is -0.506 e. The first-order chi connectivity index (χ1) is 15.5. The van der Waals surface area contributed by atoms with Gasteiger partial charge in [0.15, 0.2) is 11.5 Å². The molecule has 2 N–H and O–H groups in total. The lowest BCUT2D eigenvalue weighted by Crippen LogP contribution is -2.31. The number of anilines is 1. The first-order valence-corrected chi connectivity index (χ1v) is 10.0. The molecule has 0 saturated heterocycles. The number of amides is 1. The number of hydrogen-bond donors (Lipinski definition) is 2. The number of fused-ring (bicyclic) bond motifs is 1. The van der Waals surface area contributed by atoms with Gasteiger partial charge in [-0.2, -0.15) is 0 Å². The molecule has 3 heterocycles. The molecule has 0 radical (unpaired) electrons. The highest BCUT2D eigenvalue weighted by atomic mass is 35.5. The second kappa shape index (κ2) is 7.55. The number of phenolic OH excluding ortho intramolecular Hbond substituents is 1. The van der Waals surface area contributed by atoms with E-state index in [0.717, 1.165) is 0 Å². The Morgan fingerprint density at radius 1 is 1.06 bits per heavy atom. The molecule has 0 saturated carbocycles. The van der Waals surface area contributed by atoms with Gasteiger partial charge in [-0.05, 0) is 48.0 Å². The number of pyridine rings is 1. The summed E-state index contributed by atoms with van der Waals surface area (Å²) in [4.78, 5) is 31.8. The van der Waals surface area contributed by atoms with E-state index in [1.807, 2.05) is 0 Å². The molecule has 2 aromatic carbocycles. The lowest BCUT2D eigenvalue weighted by Gasteiger charge is -2.27. The largest absolute Gasteiger partial charge is 0.506 e. The summed E-state index contributed by atoms with van der Waals surface area (Å²) in [6.45, 7) is 0. The van der Waals surface area contributed by atoms with Crippen LogP contribution in [0.25, 0.3) is 11.0 Å². The molecule has 0 fully saturated rings. The zero-order valence-electron chi connectivity index (χ0n) is 16.4. The maximum atomic E-state index is 13.5. The van der Waals surface area contributed by atoms with E-state index in [0.29, 0.717) is 21.6 Å². The van der Waals surface area contributed by atoms with Gasteiger partial charge in [0.25, 0.3) is 5.91 Å². The molecule has 1 aliphatic rings. The smallest absolute Gasteiger partial charge is 0.294 e. The molecule has 32 heavy (non-hydrogen) atoms.